The van der Waals surface area contributed by atoms with Gasteiger partial charge in [0, 0.05) is 23.7 Å². The van der Waals surface area contributed by atoms with E-state index < -0.39 is 0 Å². The Morgan fingerprint density at radius 2 is 1.70 bits per heavy atom. The van der Waals surface area contributed by atoms with Gasteiger partial charge in [-0.15, -0.1) is 0 Å². The smallest absolute Gasteiger partial charge is 0.261 e. The molecule has 1 aromatic heterocycles. The number of para-hydroxylation sites is 1. The number of aromatic nitrogens is 2. The molecule has 138 valence electrons. The summed E-state index contributed by atoms with van der Waals surface area (Å²) in [4.78, 5) is 40.5. The monoisotopic (exact) mass is 384 g/mol. The molecule has 0 fully saturated rings. The summed E-state index contributed by atoms with van der Waals surface area (Å²) >= 11 is 5.78. The summed E-state index contributed by atoms with van der Waals surface area (Å²) in [5.74, 6) is -0.592. The molecule has 0 aliphatic heterocycles. The molecule has 0 radical (unpaired) electrons. The molecule has 2 N–H and O–H groups in total. The minimum absolute atomic E-state index is 0.137. The molecule has 0 saturated heterocycles. The second kappa shape index (κ2) is 8.46. The Morgan fingerprint density at radius 3 is 2.48 bits per heavy atom. The lowest BCUT2D eigenvalue weighted by molar-refractivity contribution is -0.121. The van der Waals surface area contributed by atoms with Crippen molar-refractivity contribution in [3.63, 3.8) is 0 Å². The Hall–Kier alpha value is -3.19. The maximum atomic E-state index is 12.3. The van der Waals surface area contributed by atoms with Crippen LogP contribution in [0.15, 0.2) is 59.7 Å². The van der Waals surface area contributed by atoms with E-state index in [-0.39, 0.29) is 37.0 Å². The average Bonchev–Trinajstić information content (AvgIpc) is 2.68. The molecule has 2 amide bonds. The van der Waals surface area contributed by atoms with E-state index >= 15 is 0 Å². The van der Waals surface area contributed by atoms with Crippen LogP contribution in [0.3, 0.4) is 0 Å². The van der Waals surface area contributed by atoms with Crippen molar-refractivity contribution in [2.45, 2.75) is 6.54 Å². The fraction of sp³-hybridized carbons (Fsp3) is 0.158. The summed E-state index contributed by atoms with van der Waals surface area (Å²) in [5.41, 5.74) is 0.801. The largest absolute Gasteiger partial charge is 0.353 e. The van der Waals surface area contributed by atoms with Gasteiger partial charge < -0.3 is 10.6 Å². The van der Waals surface area contributed by atoms with E-state index in [2.05, 4.69) is 15.6 Å². The van der Waals surface area contributed by atoms with Gasteiger partial charge in [0.15, 0.2) is 0 Å². The lowest BCUT2D eigenvalue weighted by atomic mass is 10.2. The first-order valence-electron chi connectivity index (χ1n) is 8.29. The lowest BCUT2D eigenvalue weighted by Crippen LogP contribution is -2.37. The van der Waals surface area contributed by atoms with Gasteiger partial charge in [0.2, 0.25) is 5.91 Å². The number of carbonyl (C=O) groups excluding carboxylic acids is 2. The summed E-state index contributed by atoms with van der Waals surface area (Å²) in [6, 6.07) is 13.5. The van der Waals surface area contributed by atoms with Crippen LogP contribution in [0.1, 0.15) is 10.4 Å². The van der Waals surface area contributed by atoms with Crippen LogP contribution in [0.25, 0.3) is 10.9 Å². The topological polar surface area (TPSA) is 93.1 Å². The minimum Gasteiger partial charge on any atom is -0.353 e. The van der Waals surface area contributed by atoms with Crippen molar-refractivity contribution in [1.82, 2.24) is 20.2 Å². The van der Waals surface area contributed by atoms with E-state index in [1.807, 2.05) is 0 Å². The Kier molecular flexibility index (Phi) is 5.83. The number of benzene rings is 2. The highest BCUT2D eigenvalue weighted by Crippen LogP contribution is 2.09. The molecule has 2 aromatic carbocycles. The Morgan fingerprint density at radius 1 is 1.00 bits per heavy atom. The zero-order valence-corrected chi connectivity index (χ0v) is 15.1. The van der Waals surface area contributed by atoms with Gasteiger partial charge in [0.05, 0.1) is 17.2 Å². The van der Waals surface area contributed by atoms with Crippen molar-refractivity contribution in [2.75, 3.05) is 13.1 Å². The van der Waals surface area contributed by atoms with E-state index in [1.54, 1.807) is 48.5 Å². The molecule has 0 spiro atoms. The minimum atomic E-state index is -0.338. The van der Waals surface area contributed by atoms with Gasteiger partial charge in [0.1, 0.15) is 6.54 Å². The third-order valence-electron chi connectivity index (χ3n) is 3.88. The molecule has 0 aliphatic rings. The fourth-order valence-corrected chi connectivity index (χ4v) is 2.64. The molecule has 0 aliphatic carbocycles. The highest BCUT2D eigenvalue weighted by atomic mass is 35.5. The predicted molar refractivity (Wildman–Crippen MR) is 103 cm³/mol. The number of fused-ring (bicyclic) bond motifs is 1. The average molecular weight is 385 g/mol. The number of nitrogens with one attached hydrogen (secondary N) is 2. The number of halogens is 1. The van der Waals surface area contributed by atoms with Gasteiger partial charge in [-0.05, 0) is 36.4 Å². The molecule has 0 bridgehead atoms. The van der Waals surface area contributed by atoms with Gasteiger partial charge in [-0.1, -0.05) is 23.7 Å². The molecule has 8 heteroatoms. The summed E-state index contributed by atoms with van der Waals surface area (Å²) in [6.07, 6.45) is 1.35. The molecule has 0 saturated carbocycles. The van der Waals surface area contributed by atoms with E-state index in [0.717, 1.165) is 0 Å². The maximum absolute atomic E-state index is 12.3. The van der Waals surface area contributed by atoms with Gasteiger partial charge in [-0.3, -0.25) is 19.0 Å². The van der Waals surface area contributed by atoms with E-state index in [1.165, 1.54) is 10.9 Å². The first-order valence-corrected chi connectivity index (χ1v) is 8.67. The number of carbonyl (C=O) groups is 2. The molecule has 3 aromatic rings. The van der Waals surface area contributed by atoms with Crippen LogP contribution in [0.5, 0.6) is 0 Å². The second-order valence-corrected chi connectivity index (χ2v) is 6.24. The number of amides is 2. The Bertz CT molecular complexity index is 1030. The Labute approximate surface area is 160 Å². The number of hydrogen-bond acceptors (Lipinski definition) is 4. The Balaban J connectivity index is 1.49. The van der Waals surface area contributed by atoms with Crippen LogP contribution in [-0.2, 0) is 11.3 Å². The highest BCUT2D eigenvalue weighted by Gasteiger charge is 2.08. The van der Waals surface area contributed by atoms with E-state index in [4.69, 9.17) is 11.6 Å². The quantitative estimate of drug-likeness (QED) is 0.631. The van der Waals surface area contributed by atoms with Crippen molar-refractivity contribution in [1.29, 1.82) is 0 Å². The van der Waals surface area contributed by atoms with Gasteiger partial charge in [-0.25, -0.2) is 4.98 Å². The number of rotatable bonds is 6. The normalized spacial score (nSPS) is 10.6. The fourth-order valence-electron chi connectivity index (χ4n) is 2.51. The van der Waals surface area contributed by atoms with Crippen LogP contribution in [-0.4, -0.2) is 34.5 Å². The summed E-state index contributed by atoms with van der Waals surface area (Å²) in [5, 5.41) is 6.37. The molecule has 3 rings (SSSR count). The SMILES string of the molecule is O=C(Cn1cnc2ccccc2c1=O)NCCNC(=O)c1ccc(Cl)cc1. The molecule has 1 heterocycles. The lowest BCUT2D eigenvalue weighted by Gasteiger charge is -2.09. The van der Waals surface area contributed by atoms with Crippen LogP contribution < -0.4 is 16.2 Å². The van der Waals surface area contributed by atoms with Crippen molar-refractivity contribution >= 4 is 34.3 Å². The molecule has 0 atom stereocenters. The molecule has 7 nitrogen and oxygen atoms in total. The molecular weight excluding hydrogens is 368 g/mol. The van der Waals surface area contributed by atoms with E-state index in [9.17, 15) is 14.4 Å². The predicted octanol–water partition coefficient (Wildman–Crippen LogP) is 1.60. The molecular formula is C19H17ClN4O3. The van der Waals surface area contributed by atoms with Crippen molar-refractivity contribution in [3.05, 3.63) is 75.8 Å². The number of nitrogens with zero attached hydrogens (tertiary/aromatic N) is 2. The van der Waals surface area contributed by atoms with Gasteiger partial charge >= 0.3 is 0 Å². The first kappa shape index (κ1) is 18.6. The molecule has 27 heavy (non-hydrogen) atoms. The maximum Gasteiger partial charge on any atom is 0.261 e. The number of hydrogen-bond donors (Lipinski definition) is 2. The van der Waals surface area contributed by atoms with Crippen LogP contribution in [0.2, 0.25) is 5.02 Å². The van der Waals surface area contributed by atoms with Crippen molar-refractivity contribution in [2.24, 2.45) is 0 Å². The summed E-state index contributed by atoms with van der Waals surface area (Å²) in [7, 11) is 0. The third kappa shape index (κ3) is 4.71. The van der Waals surface area contributed by atoms with Crippen LogP contribution in [0, 0.1) is 0 Å². The van der Waals surface area contributed by atoms with Crippen LogP contribution >= 0.6 is 11.6 Å². The summed E-state index contributed by atoms with van der Waals surface area (Å²) in [6.45, 7) is 0.369. The molecule has 0 unspecified atom stereocenters. The highest BCUT2D eigenvalue weighted by molar-refractivity contribution is 6.30. The van der Waals surface area contributed by atoms with Crippen molar-refractivity contribution in [3.8, 4) is 0 Å². The zero-order valence-electron chi connectivity index (χ0n) is 14.3. The van der Waals surface area contributed by atoms with Gasteiger partial charge in [0.25, 0.3) is 11.5 Å². The summed E-state index contributed by atoms with van der Waals surface area (Å²) < 4.78 is 1.25. The second-order valence-electron chi connectivity index (χ2n) is 5.81. The van der Waals surface area contributed by atoms with Gasteiger partial charge in [-0.2, -0.15) is 0 Å². The zero-order chi connectivity index (χ0) is 19.2. The third-order valence-corrected chi connectivity index (χ3v) is 4.14. The van der Waals surface area contributed by atoms with Crippen LogP contribution in [0.4, 0.5) is 0 Å². The van der Waals surface area contributed by atoms with Crippen molar-refractivity contribution < 1.29 is 9.59 Å². The standard InChI is InChI=1S/C19H17ClN4O3/c20-14-7-5-13(6-8-14)18(26)22-10-9-21-17(25)11-24-12-23-16-4-2-1-3-15(16)19(24)27/h1-8,12H,9-11H2,(H,21,25)(H,22,26). The first-order chi connectivity index (χ1) is 13.0. The van der Waals surface area contributed by atoms with E-state index in [0.29, 0.717) is 21.5 Å².